The summed E-state index contributed by atoms with van der Waals surface area (Å²) >= 11 is 0. The maximum atomic E-state index is 14.5. The van der Waals surface area contributed by atoms with E-state index in [1.807, 2.05) is 0 Å². The Morgan fingerprint density at radius 2 is 0.577 bits per heavy atom. The van der Waals surface area contributed by atoms with Crippen LogP contribution in [-0.2, 0) is 0 Å². The van der Waals surface area contributed by atoms with Crippen LogP contribution in [-0.4, -0.2) is 107 Å². The molecule has 2 aliphatic rings. The van der Waals surface area contributed by atoms with Crippen molar-refractivity contribution in [3.63, 3.8) is 0 Å². The first-order valence-corrected chi connectivity index (χ1v) is 13.8. The van der Waals surface area contributed by atoms with Crippen molar-refractivity contribution in [2.45, 2.75) is 47.4 Å². The molecule has 0 unspecified atom stereocenters. The first kappa shape index (κ1) is 41.9. The van der Waals surface area contributed by atoms with Crippen molar-refractivity contribution in [3.8, 4) is 0 Å². The van der Waals surface area contributed by atoms with E-state index in [4.69, 9.17) is 0 Å². The average Bonchev–Trinajstić information content (AvgIpc) is 3.44. The Morgan fingerprint density at radius 1 is 0.385 bits per heavy atom. The molecule has 0 bridgehead atoms. The number of carbonyl (C=O) groups excluding carboxylic acids is 4. The van der Waals surface area contributed by atoms with Gasteiger partial charge in [0.1, 0.15) is 0 Å². The largest absolute Gasteiger partial charge is 0.380 e. The van der Waals surface area contributed by atoms with E-state index in [0.29, 0.717) is 0 Å². The molecule has 4 rings (SSSR count). The van der Waals surface area contributed by atoms with Gasteiger partial charge in [0.05, 0.1) is 48.4 Å². The van der Waals surface area contributed by atoms with Gasteiger partial charge < -0.3 is 11.5 Å². The van der Waals surface area contributed by atoms with Gasteiger partial charge >= 0.3 is 47.4 Å². The van der Waals surface area contributed by atoms with Crippen molar-refractivity contribution in [2.75, 3.05) is 26.2 Å². The second-order valence-corrected chi connectivity index (χ2v) is 11.0. The Kier molecular flexibility index (Phi) is 10.6. The molecule has 2 aliphatic heterocycles. The molecule has 0 fully saturated rings. The van der Waals surface area contributed by atoms with Gasteiger partial charge in [-0.1, -0.05) is 24.3 Å². The third kappa shape index (κ3) is 6.32. The van der Waals surface area contributed by atoms with Crippen LogP contribution in [0.3, 0.4) is 0 Å². The van der Waals surface area contributed by atoms with Crippen molar-refractivity contribution in [2.24, 2.45) is 11.5 Å². The summed E-state index contributed by atoms with van der Waals surface area (Å²) in [5.74, 6) is -55.3. The zero-order chi connectivity index (χ0) is 40.3. The summed E-state index contributed by atoms with van der Waals surface area (Å²) in [6.07, 6.45) is 0. The molecule has 4 N–H and O–H groups in total. The van der Waals surface area contributed by atoms with Gasteiger partial charge in [-0.15, -0.1) is 0 Å². The summed E-state index contributed by atoms with van der Waals surface area (Å²) in [4.78, 5) is 47.8. The summed E-state index contributed by atoms with van der Waals surface area (Å²) in [5.41, 5.74) is 6.40. The number of benzene rings is 2. The van der Waals surface area contributed by atoms with E-state index in [-0.39, 0.29) is 0 Å². The molecule has 2 heterocycles. The molecule has 0 aromatic heterocycles. The summed E-state index contributed by atoms with van der Waals surface area (Å²) < 4.78 is 215. The average molecular weight is 780 g/mol. The highest BCUT2D eigenvalue weighted by atomic mass is 19.4. The second-order valence-electron chi connectivity index (χ2n) is 11.0. The van der Waals surface area contributed by atoms with Crippen molar-refractivity contribution >= 4 is 23.6 Å². The van der Waals surface area contributed by atoms with Gasteiger partial charge in [-0.05, 0) is 24.3 Å². The van der Waals surface area contributed by atoms with Crippen LogP contribution >= 0.6 is 0 Å². The van der Waals surface area contributed by atoms with Gasteiger partial charge in [0.2, 0.25) is 0 Å². The first-order valence-electron chi connectivity index (χ1n) is 13.8. The molecule has 0 spiro atoms. The number of rotatable bonds is 12. The highest BCUT2D eigenvalue weighted by Crippen LogP contribution is 2.54. The van der Waals surface area contributed by atoms with E-state index >= 15 is 0 Å². The Hall–Kier alpha value is -4.48. The molecule has 0 atom stereocenters. The number of nitrogens with zero attached hydrogens (tertiary/aromatic N) is 2. The molecule has 4 amide bonds. The highest BCUT2D eigenvalue weighted by molar-refractivity contribution is 6.22. The lowest BCUT2D eigenvalue weighted by Crippen LogP contribution is -2.67. The monoisotopic (exact) mass is 780 g/mol. The van der Waals surface area contributed by atoms with Gasteiger partial charge in [0, 0.05) is 0 Å². The normalized spacial score (nSPS) is 16.3. The van der Waals surface area contributed by atoms with Gasteiger partial charge in [0.15, 0.2) is 0 Å². The number of hydrogen-bond donors (Lipinski definition) is 2. The quantitative estimate of drug-likeness (QED) is 0.215. The number of halogens is 16. The molecule has 2 aromatic carbocycles. The molecule has 8 nitrogen and oxygen atoms in total. The number of imide groups is 2. The predicted molar refractivity (Wildman–Crippen MR) is 141 cm³/mol. The molecule has 0 saturated heterocycles. The summed E-state index contributed by atoms with van der Waals surface area (Å²) in [5, 5.41) is 0. The van der Waals surface area contributed by atoms with Crippen molar-refractivity contribution in [3.05, 3.63) is 70.8 Å². The third-order valence-corrected chi connectivity index (χ3v) is 7.61. The van der Waals surface area contributed by atoms with Crippen molar-refractivity contribution in [1.29, 1.82) is 0 Å². The van der Waals surface area contributed by atoms with Crippen LogP contribution in [0.15, 0.2) is 48.5 Å². The van der Waals surface area contributed by atoms with Gasteiger partial charge in [-0.3, -0.25) is 29.0 Å². The van der Waals surface area contributed by atoms with Crippen LogP contribution in [0.4, 0.5) is 70.2 Å². The Morgan fingerprint density at radius 3 is 0.769 bits per heavy atom. The van der Waals surface area contributed by atoms with Crippen LogP contribution in [0, 0.1) is 0 Å². The van der Waals surface area contributed by atoms with E-state index in [9.17, 15) is 89.4 Å². The van der Waals surface area contributed by atoms with Crippen LogP contribution in [0.2, 0.25) is 0 Å². The minimum absolute atomic E-state index is 0.447. The number of nitrogens with two attached hydrogens (primary N) is 2. The molecule has 0 radical (unpaired) electrons. The zero-order valence-electron chi connectivity index (χ0n) is 25.2. The SMILES string of the molecule is NCC(F)(F)C(F)(F)C(F)(F)C(F)(F)CN.O=C1c2ccccc2C(=O)N1CC(F)(F)C(F)(F)C(F)(F)C(F)(F)CN1C(=O)c2ccccc2C1=O. The van der Waals surface area contributed by atoms with E-state index in [0.717, 1.165) is 24.3 Å². The second kappa shape index (κ2) is 13.2. The Bertz CT molecular complexity index is 1560. The predicted octanol–water partition coefficient (Wildman–Crippen LogP) is 5.57. The number of fused-ring (bicyclic) bond motifs is 2. The number of amides is 4. The van der Waals surface area contributed by atoms with Crippen LogP contribution < -0.4 is 11.5 Å². The topological polar surface area (TPSA) is 127 Å². The summed E-state index contributed by atoms with van der Waals surface area (Å²) in [6.45, 7) is -9.66. The van der Waals surface area contributed by atoms with Crippen LogP contribution in [0.25, 0.3) is 0 Å². The minimum Gasteiger partial charge on any atom is -0.325 e. The fourth-order valence-electron chi connectivity index (χ4n) is 4.54. The Labute approximate surface area is 279 Å². The smallest absolute Gasteiger partial charge is 0.325 e. The first-order chi connectivity index (χ1) is 23.4. The zero-order valence-corrected chi connectivity index (χ0v) is 25.2. The molecule has 52 heavy (non-hydrogen) atoms. The van der Waals surface area contributed by atoms with Crippen molar-refractivity contribution < 1.29 is 89.4 Å². The van der Waals surface area contributed by atoms with E-state index in [1.54, 1.807) is 0 Å². The van der Waals surface area contributed by atoms with Crippen LogP contribution in [0.5, 0.6) is 0 Å². The lowest BCUT2D eigenvalue weighted by Gasteiger charge is -2.38. The highest BCUT2D eigenvalue weighted by Gasteiger charge is 2.81. The molecular formula is C28H20F16N4O4. The molecule has 0 saturated carbocycles. The molecule has 288 valence electrons. The molecule has 24 heteroatoms. The molecule has 0 aliphatic carbocycles. The standard InChI is InChI=1S/C22H12F8N2O4.C6H8F8N2/c23-19(24,9-31-15(33)11-5-1-2-6-12(11)16(31)34)21(27,28)22(29,30)20(25,26)10-32-17(35)13-7-3-4-8-14(13)18(32)36;7-3(8,1-15)5(11,12)6(13,14)4(9,10)2-16/h1-8H,9-10H2;1-2,15-16H2. The lowest BCUT2D eigenvalue weighted by atomic mass is 9.97. The molecular weight excluding hydrogens is 760 g/mol. The van der Waals surface area contributed by atoms with E-state index < -0.39 is 129 Å². The maximum absolute atomic E-state index is 14.5. The fraction of sp³-hybridized carbons (Fsp3) is 0.429. The number of carbonyl (C=O) groups is 4. The van der Waals surface area contributed by atoms with E-state index in [1.165, 1.54) is 24.3 Å². The van der Waals surface area contributed by atoms with Crippen molar-refractivity contribution in [1.82, 2.24) is 9.80 Å². The molecule has 2 aromatic rings. The fourth-order valence-corrected chi connectivity index (χ4v) is 4.54. The van der Waals surface area contributed by atoms with Gasteiger partial charge in [-0.2, -0.15) is 70.2 Å². The number of hydrogen-bond acceptors (Lipinski definition) is 6. The maximum Gasteiger partial charge on any atom is 0.380 e. The summed E-state index contributed by atoms with van der Waals surface area (Å²) in [7, 11) is 0. The minimum atomic E-state index is -6.84. The lowest BCUT2D eigenvalue weighted by molar-refractivity contribution is -0.365. The van der Waals surface area contributed by atoms with Crippen LogP contribution in [0.1, 0.15) is 41.4 Å². The van der Waals surface area contributed by atoms with E-state index in [2.05, 4.69) is 11.5 Å². The third-order valence-electron chi connectivity index (χ3n) is 7.61. The summed E-state index contributed by atoms with van der Waals surface area (Å²) in [6, 6.07) is 8.85. The van der Waals surface area contributed by atoms with Gasteiger partial charge in [-0.25, -0.2) is 0 Å². The Balaban J connectivity index is 0.000000385. The van der Waals surface area contributed by atoms with Gasteiger partial charge in [0.25, 0.3) is 23.6 Å². The number of alkyl halides is 16.